The first kappa shape index (κ1) is 15.3. The molecule has 1 aromatic rings. The first-order valence-electron chi connectivity index (χ1n) is 6.65. The van der Waals surface area contributed by atoms with Gasteiger partial charge in [0.05, 0.1) is 0 Å². The van der Waals surface area contributed by atoms with Crippen LogP contribution in [0.4, 0.5) is 8.78 Å². The second-order valence-electron chi connectivity index (χ2n) is 4.81. The Bertz CT molecular complexity index is 572. The number of sulfonamides is 1. The van der Waals surface area contributed by atoms with Crippen LogP contribution in [-0.4, -0.2) is 38.4 Å². The number of hydrogen-bond donors (Lipinski definition) is 1. The molecule has 0 aliphatic carbocycles. The average molecular weight is 304 g/mol. The molecule has 4 nitrogen and oxygen atoms in total. The van der Waals surface area contributed by atoms with Gasteiger partial charge in [-0.2, -0.15) is 4.31 Å². The van der Waals surface area contributed by atoms with Crippen molar-refractivity contribution < 1.29 is 17.2 Å². The molecule has 1 unspecified atom stereocenters. The number of halogens is 2. The smallest absolute Gasteiger partial charge is 0.246 e. The number of benzene rings is 1. The Hall–Kier alpha value is -1.05. The zero-order valence-corrected chi connectivity index (χ0v) is 12.1. The Labute approximate surface area is 117 Å². The molecular formula is C13H18F2N2O2S. The van der Waals surface area contributed by atoms with Gasteiger partial charge in [0.25, 0.3) is 0 Å². The molecule has 1 atom stereocenters. The Balaban J connectivity index is 2.42. The van der Waals surface area contributed by atoms with Gasteiger partial charge >= 0.3 is 0 Å². The molecule has 1 N–H and O–H groups in total. The van der Waals surface area contributed by atoms with E-state index in [0.29, 0.717) is 25.9 Å². The van der Waals surface area contributed by atoms with Crippen LogP contribution in [0, 0.1) is 11.6 Å². The fourth-order valence-electron chi connectivity index (χ4n) is 2.41. The van der Waals surface area contributed by atoms with Crippen LogP contribution in [0.5, 0.6) is 0 Å². The molecule has 0 spiro atoms. The van der Waals surface area contributed by atoms with Crippen LogP contribution in [0.2, 0.25) is 0 Å². The summed E-state index contributed by atoms with van der Waals surface area (Å²) in [5.74, 6) is -2.45. The third-order valence-corrected chi connectivity index (χ3v) is 5.36. The van der Waals surface area contributed by atoms with Crippen LogP contribution in [-0.2, 0) is 10.0 Å². The van der Waals surface area contributed by atoms with Gasteiger partial charge in [0.1, 0.15) is 4.90 Å². The highest BCUT2D eigenvalue weighted by molar-refractivity contribution is 7.89. The van der Waals surface area contributed by atoms with Gasteiger partial charge in [-0.15, -0.1) is 0 Å². The van der Waals surface area contributed by atoms with Crippen molar-refractivity contribution in [3.05, 3.63) is 29.8 Å². The topological polar surface area (TPSA) is 49.4 Å². The average Bonchev–Trinajstić information content (AvgIpc) is 2.92. The lowest BCUT2D eigenvalue weighted by Crippen LogP contribution is -2.42. The van der Waals surface area contributed by atoms with Gasteiger partial charge in [0.2, 0.25) is 10.0 Å². The van der Waals surface area contributed by atoms with Crippen molar-refractivity contribution in [1.29, 1.82) is 0 Å². The molecule has 0 saturated carbocycles. The summed E-state index contributed by atoms with van der Waals surface area (Å²) in [7, 11) is -4.02. The molecule has 0 radical (unpaired) electrons. The van der Waals surface area contributed by atoms with Gasteiger partial charge in [0, 0.05) is 19.1 Å². The van der Waals surface area contributed by atoms with E-state index >= 15 is 0 Å². The molecular weight excluding hydrogens is 286 g/mol. The van der Waals surface area contributed by atoms with Crippen LogP contribution >= 0.6 is 0 Å². The predicted molar refractivity (Wildman–Crippen MR) is 71.8 cm³/mol. The van der Waals surface area contributed by atoms with Gasteiger partial charge in [-0.05, 0) is 31.5 Å². The van der Waals surface area contributed by atoms with E-state index in [2.05, 4.69) is 5.32 Å². The molecule has 0 bridgehead atoms. The molecule has 1 fully saturated rings. The Morgan fingerprint density at radius 3 is 2.75 bits per heavy atom. The van der Waals surface area contributed by atoms with E-state index in [1.54, 1.807) is 0 Å². The molecule has 7 heteroatoms. The zero-order valence-electron chi connectivity index (χ0n) is 11.3. The van der Waals surface area contributed by atoms with Crippen molar-refractivity contribution in [2.45, 2.75) is 30.7 Å². The van der Waals surface area contributed by atoms with Gasteiger partial charge < -0.3 is 5.32 Å². The molecule has 1 aromatic carbocycles. The van der Waals surface area contributed by atoms with Gasteiger partial charge in [-0.3, -0.25) is 0 Å². The predicted octanol–water partition coefficient (Wildman–Crippen LogP) is 1.73. The van der Waals surface area contributed by atoms with E-state index in [0.717, 1.165) is 18.7 Å². The lowest BCUT2D eigenvalue weighted by atomic mass is 10.2. The second kappa shape index (κ2) is 6.15. The Morgan fingerprint density at radius 2 is 2.15 bits per heavy atom. The summed E-state index contributed by atoms with van der Waals surface area (Å²) in [5, 5.41) is 3.09. The molecule has 0 amide bonds. The van der Waals surface area contributed by atoms with Crippen molar-refractivity contribution in [2.24, 2.45) is 0 Å². The molecule has 2 rings (SSSR count). The summed E-state index contributed by atoms with van der Waals surface area (Å²) < 4.78 is 53.5. The van der Waals surface area contributed by atoms with Crippen LogP contribution in [0.3, 0.4) is 0 Å². The van der Waals surface area contributed by atoms with Crippen molar-refractivity contribution in [3.8, 4) is 0 Å². The quantitative estimate of drug-likeness (QED) is 0.901. The summed E-state index contributed by atoms with van der Waals surface area (Å²) in [4.78, 5) is -0.585. The number of nitrogens with zero attached hydrogens (tertiary/aromatic N) is 1. The van der Waals surface area contributed by atoms with Gasteiger partial charge in [0.15, 0.2) is 11.6 Å². The fraction of sp³-hybridized carbons (Fsp3) is 0.538. The van der Waals surface area contributed by atoms with E-state index in [1.807, 2.05) is 6.92 Å². The first-order chi connectivity index (χ1) is 9.48. The maximum Gasteiger partial charge on any atom is 0.246 e. The van der Waals surface area contributed by atoms with Gasteiger partial charge in [-0.25, -0.2) is 17.2 Å². The lowest BCUT2D eigenvalue weighted by Gasteiger charge is -2.27. The van der Waals surface area contributed by atoms with Crippen molar-refractivity contribution in [1.82, 2.24) is 9.62 Å². The molecule has 1 aliphatic rings. The highest BCUT2D eigenvalue weighted by Crippen LogP contribution is 2.24. The Morgan fingerprint density at radius 1 is 1.40 bits per heavy atom. The fourth-order valence-corrected chi connectivity index (χ4v) is 4.24. The van der Waals surface area contributed by atoms with Crippen LogP contribution in [0.15, 0.2) is 23.1 Å². The molecule has 1 heterocycles. The summed E-state index contributed by atoms with van der Waals surface area (Å²) in [6.07, 6.45) is 1.29. The zero-order chi connectivity index (χ0) is 14.8. The number of nitrogens with one attached hydrogen (secondary N) is 1. The monoisotopic (exact) mass is 304 g/mol. The standard InChI is InChI=1S/C13H18F2N2O2S/c1-2-8-17(10-6-7-16-9-10)20(18,19)12-5-3-4-11(14)13(12)15/h3-5,10,16H,2,6-9H2,1H3. The highest BCUT2D eigenvalue weighted by Gasteiger charge is 2.34. The number of rotatable bonds is 5. The minimum Gasteiger partial charge on any atom is -0.315 e. The van der Waals surface area contributed by atoms with E-state index in [4.69, 9.17) is 0 Å². The summed E-state index contributed by atoms with van der Waals surface area (Å²) in [6.45, 7) is 3.42. The molecule has 112 valence electrons. The summed E-state index contributed by atoms with van der Waals surface area (Å²) in [6, 6.07) is 3.03. The maximum absolute atomic E-state index is 13.8. The third kappa shape index (κ3) is 2.84. The lowest BCUT2D eigenvalue weighted by molar-refractivity contribution is 0.332. The van der Waals surface area contributed by atoms with Crippen LogP contribution in [0.1, 0.15) is 19.8 Å². The molecule has 1 saturated heterocycles. The van der Waals surface area contributed by atoms with Gasteiger partial charge in [-0.1, -0.05) is 13.0 Å². The van der Waals surface area contributed by atoms with E-state index in [9.17, 15) is 17.2 Å². The second-order valence-corrected chi connectivity index (χ2v) is 6.67. The number of hydrogen-bond acceptors (Lipinski definition) is 3. The molecule has 20 heavy (non-hydrogen) atoms. The molecule has 0 aromatic heterocycles. The largest absolute Gasteiger partial charge is 0.315 e. The van der Waals surface area contributed by atoms with E-state index in [-0.39, 0.29) is 6.04 Å². The normalized spacial score (nSPS) is 19.7. The Kier molecular flexibility index (Phi) is 4.72. The highest BCUT2D eigenvalue weighted by atomic mass is 32.2. The summed E-state index contributed by atoms with van der Waals surface area (Å²) >= 11 is 0. The maximum atomic E-state index is 13.8. The SMILES string of the molecule is CCCN(C1CCNC1)S(=O)(=O)c1cccc(F)c1F. The van der Waals surface area contributed by atoms with Crippen LogP contribution in [0.25, 0.3) is 0 Å². The van der Waals surface area contributed by atoms with Crippen molar-refractivity contribution in [3.63, 3.8) is 0 Å². The molecule has 1 aliphatic heterocycles. The third-order valence-electron chi connectivity index (χ3n) is 3.39. The van der Waals surface area contributed by atoms with Crippen molar-refractivity contribution >= 4 is 10.0 Å². The van der Waals surface area contributed by atoms with E-state index in [1.165, 1.54) is 10.4 Å². The minimum absolute atomic E-state index is 0.206. The minimum atomic E-state index is -4.02. The van der Waals surface area contributed by atoms with Crippen molar-refractivity contribution in [2.75, 3.05) is 19.6 Å². The van der Waals surface area contributed by atoms with E-state index < -0.39 is 26.6 Å². The summed E-state index contributed by atoms with van der Waals surface area (Å²) in [5.41, 5.74) is 0. The first-order valence-corrected chi connectivity index (χ1v) is 8.09. The van der Waals surface area contributed by atoms with Crippen LogP contribution < -0.4 is 5.32 Å².